The van der Waals surface area contributed by atoms with Crippen molar-refractivity contribution in [3.8, 4) is 0 Å². The fraction of sp³-hybridized carbons (Fsp3) is 0.800. The smallest absolute Gasteiger partial charge is 0.241 e. The van der Waals surface area contributed by atoms with Crippen LogP contribution in [0.1, 0.15) is 224 Å². The summed E-state index contributed by atoms with van der Waals surface area (Å²) < 4.78 is 2.52. The molecule has 0 aliphatic carbocycles. The van der Waals surface area contributed by atoms with Gasteiger partial charge in [0.1, 0.15) is 18.4 Å². The Bertz CT molecular complexity index is 859. The van der Waals surface area contributed by atoms with E-state index in [1.165, 1.54) is 211 Å². The number of aromatic nitrogens is 2. The van der Waals surface area contributed by atoms with Gasteiger partial charge >= 0.3 is 0 Å². The molecule has 1 aromatic carbocycles. The van der Waals surface area contributed by atoms with E-state index in [-0.39, 0.29) is 0 Å². The Balaban J connectivity index is 1.64. The van der Waals surface area contributed by atoms with Gasteiger partial charge in [-0.15, -0.1) is 0 Å². The van der Waals surface area contributed by atoms with Crippen LogP contribution >= 0.6 is 0 Å². The maximum atomic E-state index is 3.37. The van der Waals surface area contributed by atoms with Crippen LogP contribution in [0.3, 0.4) is 0 Å². The van der Waals surface area contributed by atoms with E-state index in [0.717, 1.165) is 0 Å². The first-order valence-electron chi connectivity index (χ1n) is 21.4. The number of rotatable bonds is 35. The maximum Gasteiger partial charge on any atom is 0.241 e. The minimum atomic E-state index is 0.602. The third-order valence-corrected chi connectivity index (χ3v) is 10.9. The zero-order valence-electron chi connectivity index (χ0n) is 31.8. The van der Waals surface area contributed by atoms with Crippen molar-refractivity contribution in [2.24, 2.45) is 5.92 Å². The lowest BCUT2D eigenvalue weighted by Crippen LogP contribution is -2.42. The molecule has 0 saturated carbocycles. The van der Waals surface area contributed by atoms with Gasteiger partial charge in [0.2, 0.25) is 6.33 Å². The molecule has 270 valence electrons. The van der Waals surface area contributed by atoms with E-state index >= 15 is 0 Å². The van der Waals surface area contributed by atoms with Crippen molar-refractivity contribution in [1.29, 1.82) is 0 Å². The van der Waals surface area contributed by atoms with E-state index in [2.05, 4.69) is 72.5 Å². The normalized spacial score (nSPS) is 12.9. The van der Waals surface area contributed by atoms with Gasteiger partial charge in [-0.25, -0.2) is 4.57 Å². The van der Waals surface area contributed by atoms with Gasteiger partial charge in [0.25, 0.3) is 0 Å². The van der Waals surface area contributed by atoms with Crippen molar-refractivity contribution >= 4 is 0 Å². The summed E-state index contributed by atoms with van der Waals surface area (Å²) in [7, 11) is 0. The Morgan fingerprint density at radius 2 is 0.851 bits per heavy atom. The predicted octanol–water partition coefficient (Wildman–Crippen LogP) is 14.8. The fourth-order valence-electron chi connectivity index (χ4n) is 7.81. The first kappa shape index (κ1) is 41.6. The van der Waals surface area contributed by atoms with Gasteiger partial charge < -0.3 is 0 Å². The minimum Gasteiger partial charge on any atom is -0.250 e. The van der Waals surface area contributed by atoms with Crippen LogP contribution in [-0.2, 0) is 6.42 Å². The van der Waals surface area contributed by atoms with Crippen molar-refractivity contribution in [1.82, 2.24) is 4.98 Å². The molecule has 1 heterocycles. The number of unbranched alkanes of at least 4 members (excludes halogenated alkanes) is 27. The van der Waals surface area contributed by atoms with E-state index in [1.807, 2.05) is 0 Å². The molecule has 0 radical (unpaired) electrons. The second-order valence-corrected chi connectivity index (χ2v) is 15.2. The van der Waals surface area contributed by atoms with Crippen molar-refractivity contribution in [3.63, 3.8) is 0 Å². The van der Waals surface area contributed by atoms with Gasteiger partial charge in [-0.1, -0.05) is 224 Å². The SMILES string of the molecule is CCCCCCCCCCCCCCCCCC(C(CCCCCCCCCCCCCCCC)Cc1ccccc1)[n+]1cc[nH]c1. The number of hydrogen-bond acceptors (Lipinski definition) is 0. The summed E-state index contributed by atoms with van der Waals surface area (Å²) in [4.78, 5) is 3.37. The van der Waals surface area contributed by atoms with E-state index in [0.29, 0.717) is 12.0 Å². The number of imidazole rings is 1. The number of hydrogen-bond donors (Lipinski definition) is 1. The highest BCUT2D eigenvalue weighted by atomic mass is 15.1. The van der Waals surface area contributed by atoms with Crippen LogP contribution in [0, 0.1) is 5.92 Å². The fourth-order valence-corrected chi connectivity index (χ4v) is 7.81. The Labute approximate surface area is 294 Å². The minimum absolute atomic E-state index is 0.602. The Morgan fingerprint density at radius 3 is 1.23 bits per heavy atom. The van der Waals surface area contributed by atoms with Gasteiger partial charge in [0.05, 0.1) is 0 Å². The van der Waals surface area contributed by atoms with Crippen LogP contribution in [0.2, 0.25) is 0 Å². The van der Waals surface area contributed by atoms with Crippen LogP contribution in [0.5, 0.6) is 0 Å². The quantitative estimate of drug-likeness (QED) is 0.0566. The van der Waals surface area contributed by atoms with E-state index in [1.54, 1.807) is 0 Å². The number of nitrogens with one attached hydrogen (secondary N) is 1. The molecular formula is C45H81N2+. The highest BCUT2D eigenvalue weighted by molar-refractivity contribution is 5.15. The Morgan fingerprint density at radius 1 is 0.468 bits per heavy atom. The standard InChI is InChI=1S/C45H80N2/c1-3-5-7-9-11-13-15-17-19-21-23-25-27-29-34-38-45(47-40-39-46-42-47)44(41-43-35-31-30-32-36-43)37-33-28-26-24-22-20-18-16-14-12-10-8-6-4-2/h30-32,35-36,39-40,42,44-45H,3-29,33-34,37-38,41H2,1-2H3/p+1. The zero-order chi connectivity index (χ0) is 33.3. The number of nitrogens with zero attached hydrogens (tertiary/aromatic N) is 1. The lowest BCUT2D eigenvalue weighted by atomic mass is 9.84. The van der Waals surface area contributed by atoms with Crippen molar-refractivity contribution < 1.29 is 4.57 Å². The summed E-state index contributed by atoms with van der Waals surface area (Å²) in [5.74, 6) is 0.710. The number of aromatic amines is 1. The van der Waals surface area contributed by atoms with Crippen LogP contribution in [-0.4, -0.2) is 4.98 Å². The molecule has 0 amide bonds. The molecule has 1 aromatic heterocycles. The highest BCUT2D eigenvalue weighted by Gasteiger charge is 2.26. The molecular weight excluding hydrogens is 569 g/mol. The molecule has 2 rings (SSSR count). The molecule has 0 aliphatic rings. The largest absolute Gasteiger partial charge is 0.250 e. The predicted molar refractivity (Wildman–Crippen MR) is 208 cm³/mol. The molecule has 2 atom stereocenters. The van der Waals surface area contributed by atoms with Gasteiger partial charge in [-0.05, 0) is 31.2 Å². The molecule has 2 unspecified atom stereocenters. The summed E-state index contributed by atoms with van der Waals surface area (Å²) in [5, 5.41) is 0. The molecule has 0 bridgehead atoms. The molecule has 2 aromatic rings. The van der Waals surface area contributed by atoms with Crippen LogP contribution in [0.4, 0.5) is 0 Å². The van der Waals surface area contributed by atoms with Gasteiger partial charge in [0.15, 0.2) is 0 Å². The van der Waals surface area contributed by atoms with Crippen LogP contribution in [0.15, 0.2) is 49.1 Å². The second kappa shape index (κ2) is 31.7. The molecule has 0 aliphatic heterocycles. The third-order valence-electron chi connectivity index (χ3n) is 10.9. The van der Waals surface area contributed by atoms with Gasteiger partial charge in [0, 0.05) is 5.92 Å². The summed E-state index contributed by atoms with van der Waals surface area (Å²) >= 11 is 0. The summed E-state index contributed by atoms with van der Waals surface area (Å²) in [6, 6.07) is 11.9. The van der Waals surface area contributed by atoms with Gasteiger partial charge in [-0.3, -0.25) is 4.98 Å². The number of H-pyrrole nitrogens is 1. The van der Waals surface area contributed by atoms with Crippen LogP contribution < -0.4 is 4.57 Å². The van der Waals surface area contributed by atoms with Gasteiger partial charge in [-0.2, -0.15) is 0 Å². The third kappa shape index (κ3) is 23.4. The monoisotopic (exact) mass is 650 g/mol. The molecule has 2 heteroatoms. The van der Waals surface area contributed by atoms with E-state index in [4.69, 9.17) is 0 Å². The first-order chi connectivity index (χ1) is 23.3. The molecule has 2 nitrogen and oxygen atoms in total. The van der Waals surface area contributed by atoms with Crippen LogP contribution in [0.25, 0.3) is 0 Å². The molecule has 47 heavy (non-hydrogen) atoms. The van der Waals surface area contributed by atoms with E-state index < -0.39 is 0 Å². The number of benzene rings is 1. The maximum absolute atomic E-state index is 3.37. The van der Waals surface area contributed by atoms with Crippen molar-refractivity contribution in [3.05, 3.63) is 54.6 Å². The molecule has 0 spiro atoms. The molecule has 1 N–H and O–H groups in total. The van der Waals surface area contributed by atoms with Crippen molar-refractivity contribution in [2.45, 2.75) is 225 Å². The lowest BCUT2D eigenvalue weighted by Gasteiger charge is -2.25. The topological polar surface area (TPSA) is 19.7 Å². The second-order valence-electron chi connectivity index (χ2n) is 15.2. The molecule has 0 fully saturated rings. The average Bonchev–Trinajstić information content (AvgIpc) is 3.63. The molecule has 0 saturated heterocycles. The lowest BCUT2D eigenvalue weighted by molar-refractivity contribution is -0.730. The Kier molecular flexibility index (Phi) is 28.0. The summed E-state index contributed by atoms with van der Waals surface area (Å²) in [6.45, 7) is 4.62. The highest BCUT2D eigenvalue weighted by Crippen LogP contribution is 2.29. The summed E-state index contributed by atoms with van der Waals surface area (Å²) in [6.07, 6.45) is 52.2. The average molecular weight is 650 g/mol. The summed E-state index contributed by atoms with van der Waals surface area (Å²) in [5.41, 5.74) is 1.51. The first-order valence-corrected chi connectivity index (χ1v) is 21.4. The van der Waals surface area contributed by atoms with E-state index in [9.17, 15) is 0 Å². The Hall–Kier alpha value is -1.57. The zero-order valence-corrected chi connectivity index (χ0v) is 31.8. The van der Waals surface area contributed by atoms with Crippen molar-refractivity contribution in [2.75, 3.05) is 0 Å².